The van der Waals surface area contributed by atoms with Crippen molar-refractivity contribution in [2.24, 2.45) is 5.92 Å². The Labute approximate surface area is 193 Å². The Morgan fingerprint density at radius 2 is 1.74 bits per heavy atom. The number of nitrogens with one attached hydrogen (secondary N) is 1. The Balaban J connectivity index is 1.79. The number of likely N-dealkylation sites (tertiary alicyclic amines) is 1. The van der Waals surface area contributed by atoms with Gasteiger partial charge in [-0.1, -0.05) is 54.8 Å². The SMILES string of the molecule is CC(C)CCOc1ccc(Br)cc1C(=O)Nc1ccccc1C(=O)N1CCCCCC1. The minimum Gasteiger partial charge on any atom is -0.493 e. The van der Waals surface area contributed by atoms with Crippen LogP contribution in [0, 0.1) is 5.92 Å². The fraction of sp³-hybridized carbons (Fsp3) is 0.440. The van der Waals surface area contributed by atoms with E-state index in [1.165, 1.54) is 0 Å². The highest BCUT2D eigenvalue weighted by molar-refractivity contribution is 9.10. The van der Waals surface area contributed by atoms with Gasteiger partial charge in [0.25, 0.3) is 11.8 Å². The van der Waals surface area contributed by atoms with Crippen molar-refractivity contribution in [2.75, 3.05) is 25.0 Å². The predicted molar refractivity (Wildman–Crippen MR) is 128 cm³/mol. The molecule has 0 aliphatic carbocycles. The number of hydrogen-bond acceptors (Lipinski definition) is 3. The second-order valence-corrected chi connectivity index (χ2v) is 9.29. The van der Waals surface area contributed by atoms with Crippen LogP contribution >= 0.6 is 15.9 Å². The summed E-state index contributed by atoms with van der Waals surface area (Å²) >= 11 is 3.44. The van der Waals surface area contributed by atoms with Gasteiger partial charge < -0.3 is 15.0 Å². The van der Waals surface area contributed by atoms with Crippen LogP contribution in [0.5, 0.6) is 5.75 Å². The summed E-state index contributed by atoms with van der Waals surface area (Å²) in [5.74, 6) is 0.736. The van der Waals surface area contributed by atoms with Crippen LogP contribution in [0.4, 0.5) is 5.69 Å². The number of hydrogen-bond donors (Lipinski definition) is 1. The molecule has 31 heavy (non-hydrogen) atoms. The lowest BCUT2D eigenvalue weighted by Crippen LogP contribution is -2.32. The van der Waals surface area contributed by atoms with Gasteiger partial charge in [-0.3, -0.25) is 9.59 Å². The van der Waals surface area contributed by atoms with E-state index in [0.29, 0.717) is 35.1 Å². The maximum absolute atomic E-state index is 13.2. The standard InChI is InChI=1S/C25H31BrN2O3/c1-18(2)13-16-31-23-12-11-19(26)17-21(23)24(29)27-22-10-6-5-9-20(22)25(30)28-14-7-3-4-8-15-28/h5-6,9-12,17-18H,3-4,7-8,13-16H2,1-2H3,(H,27,29). The molecular formula is C25H31BrN2O3. The van der Waals surface area contributed by atoms with Gasteiger partial charge in [0.1, 0.15) is 5.75 Å². The summed E-state index contributed by atoms with van der Waals surface area (Å²) in [6.45, 7) is 6.35. The molecule has 0 atom stereocenters. The van der Waals surface area contributed by atoms with E-state index in [9.17, 15) is 9.59 Å². The van der Waals surface area contributed by atoms with Crippen molar-refractivity contribution in [3.63, 3.8) is 0 Å². The van der Waals surface area contributed by atoms with E-state index in [0.717, 1.165) is 49.7 Å². The highest BCUT2D eigenvalue weighted by Crippen LogP contribution is 2.26. The molecular weight excluding hydrogens is 456 g/mol. The van der Waals surface area contributed by atoms with Crippen molar-refractivity contribution >= 4 is 33.4 Å². The molecule has 0 unspecified atom stereocenters. The Bertz CT molecular complexity index is 905. The topological polar surface area (TPSA) is 58.6 Å². The number of ether oxygens (including phenoxy) is 1. The molecule has 1 saturated heterocycles. The van der Waals surface area contributed by atoms with Crippen molar-refractivity contribution in [1.82, 2.24) is 4.90 Å². The molecule has 2 aromatic rings. The Morgan fingerprint density at radius 3 is 2.45 bits per heavy atom. The fourth-order valence-corrected chi connectivity index (χ4v) is 3.98. The summed E-state index contributed by atoms with van der Waals surface area (Å²) in [6.07, 6.45) is 5.27. The molecule has 5 nitrogen and oxygen atoms in total. The molecule has 6 heteroatoms. The minimum absolute atomic E-state index is 0.0274. The van der Waals surface area contributed by atoms with Gasteiger partial charge in [-0.25, -0.2) is 0 Å². The first-order valence-electron chi connectivity index (χ1n) is 11.1. The second-order valence-electron chi connectivity index (χ2n) is 8.38. The highest BCUT2D eigenvalue weighted by Gasteiger charge is 2.22. The minimum atomic E-state index is -0.294. The molecule has 166 valence electrons. The zero-order valence-corrected chi connectivity index (χ0v) is 19.9. The predicted octanol–water partition coefficient (Wildman–Crippen LogP) is 6.14. The van der Waals surface area contributed by atoms with E-state index >= 15 is 0 Å². The molecule has 0 radical (unpaired) electrons. The van der Waals surface area contributed by atoms with E-state index in [2.05, 4.69) is 35.1 Å². The van der Waals surface area contributed by atoms with Crippen molar-refractivity contribution in [1.29, 1.82) is 0 Å². The maximum atomic E-state index is 13.2. The Hall–Kier alpha value is -2.34. The van der Waals surface area contributed by atoms with Gasteiger partial charge in [0, 0.05) is 17.6 Å². The zero-order chi connectivity index (χ0) is 22.2. The van der Waals surface area contributed by atoms with E-state index in [-0.39, 0.29) is 11.8 Å². The third-order valence-electron chi connectivity index (χ3n) is 5.44. The average Bonchev–Trinajstić information content (AvgIpc) is 3.04. The lowest BCUT2D eigenvalue weighted by atomic mass is 10.1. The number of nitrogens with zero attached hydrogens (tertiary/aromatic N) is 1. The molecule has 1 aliphatic rings. The lowest BCUT2D eigenvalue weighted by molar-refractivity contribution is 0.0762. The molecule has 0 aromatic heterocycles. The van der Waals surface area contributed by atoms with Crippen molar-refractivity contribution < 1.29 is 14.3 Å². The van der Waals surface area contributed by atoms with E-state index in [1.54, 1.807) is 24.3 Å². The number of halogens is 1. The lowest BCUT2D eigenvalue weighted by Gasteiger charge is -2.22. The molecule has 0 spiro atoms. The molecule has 1 aliphatic heterocycles. The zero-order valence-electron chi connectivity index (χ0n) is 18.3. The molecule has 1 heterocycles. The van der Waals surface area contributed by atoms with Crippen LogP contribution in [-0.4, -0.2) is 36.4 Å². The normalized spacial score (nSPS) is 14.3. The average molecular weight is 487 g/mol. The van der Waals surface area contributed by atoms with Crippen LogP contribution < -0.4 is 10.1 Å². The Morgan fingerprint density at radius 1 is 1.03 bits per heavy atom. The van der Waals surface area contributed by atoms with Gasteiger partial charge in [0.15, 0.2) is 0 Å². The van der Waals surface area contributed by atoms with Crippen LogP contribution in [-0.2, 0) is 0 Å². The van der Waals surface area contributed by atoms with Gasteiger partial charge in [0.2, 0.25) is 0 Å². The monoisotopic (exact) mass is 486 g/mol. The molecule has 1 fully saturated rings. The summed E-state index contributed by atoms with van der Waals surface area (Å²) < 4.78 is 6.69. The summed E-state index contributed by atoms with van der Waals surface area (Å²) in [5, 5.41) is 2.94. The number of amides is 2. The first-order chi connectivity index (χ1) is 15.0. The van der Waals surface area contributed by atoms with Gasteiger partial charge >= 0.3 is 0 Å². The van der Waals surface area contributed by atoms with Crippen LogP contribution in [0.2, 0.25) is 0 Å². The summed E-state index contributed by atoms with van der Waals surface area (Å²) in [6, 6.07) is 12.6. The van der Waals surface area contributed by atoms with Gasteiger partial charge in [-0.05, 0) is 55.5 Å². The molecule has 2 amide bonds. The first-order valence-corrected chi connectivity index (χ1v) is 11.9. The maximum Gasteiger partial charge on any atom is 0.259 e. The van der Waals surface area contributed by atoms with Crippen LogP contribution in [0.3, 0.4) is 0 Å². The molecule has 0 saturated carbocycles. The Kier molecular flexibility index (Phi) is 8.52. The van der Waals surface area contributed by atoms with E-state index < -0.39 is 0 Å². The quantitative estimate of drug-likeness (QED) is 0.510. The van der Waals surface area contributed by atoms with Gasteiger partial charge in [0.05, 0.1) is 23.4 Å². The van der Waals surface area contributed by atoms with E-state index in [4.69, 9.17) is 4.74 Å². The van der Waals surface area contributed by atoms with Gasteiger partial charge in [-0.2, -0.15) is 0 Å². The highest BCUT2D eigenvalue weighted by atomic mass is 79.9. The van der Waals surface area contributed by atoms with Crippen LogP contribution in [0.15, 0.2) is 46.9 Å². The largest absolute Gasteiger partial charge is 0.493 e. The second kappa shape index (κ2) is 11.3. The number of benzene rings is 2. The summed E-state index contributed by atoms with van der Waals surface area (Å²) in [4.78, 5) is 28.2. The molecule has 0 bridgehead atoms. The van der Waals surface area contributed by atoms with Crippen LogP contribution in [0.1, 0.15) is 66.7 Å². The van der Waals surface area contributed by atoms with Crippen molar-refractivity contribution in [2.45, 2.75) is 46.0 Å². The third-order valence-corrected chi connectivity index (χ3v) is 5.93. The van der Waals surface area contributed by atoms with Crippen molar-refractivity contribution in [3.8, 4) is 5.75 Å². The summed E-state index contributed by atoms with van der Waals surface area (Å²) in [7, 11) is 0. The number of carbonyl (C=O) groups excluding carboxylic acids is 2. The molecule has 3 rings (SSSR count). The van der Waals surface area contributed by atoms with Crippen molar-refractivity contribution in [3.05, 3.63) is 58.1 Å². The number of carbonyl (C=O) groups is 2. The number of anilines is 1. The third kappa shape index (κ3) is 6.57. The molecule has 1 N–H and O–H groups in total. The molecule has 2 aromatic carbocycles. The fourth-order valence-electron chi connectivity index (χ4n) is 3.62. The van der Waals surface area contributed by atoms with Crippen LogP contribution in [0.25, 0.3) is 0 Å². The number of para-hydroxylation sites is 1. The first kappa shape index (κ1) is 23.3. The van der Waals surface area contributed by atoms with E-state index in [1.807, 2.05) is 23.1 Å². The smallest absolute Gasteiger partial charge is 0.259 e. The van der Waals surface area contributed by atoms with Gasteiger partial charge in [-0.15, -0.1) is 0 Å². The summed E-state index contributed by atoms with van der Waals surface area (Å²) in [5.41, 5.74) is 1.49. The number of rotatable bonds is 7.